The van der Waals surface area contributed by atoms with Crippen LogP contribution in [0.2, 0.25) is 0 Å². The lowest BCUT2D eigenvalue weighted by molar-refractivity contribution is -0.935. The van der Waals surface area contributed by atoms with Gasteiger partial charge < -0.3 is 14.4 Å². The van der Waals surface area contributed by atoms with E-state index in [0.29, 0.717) is 19.6 Å². The van der Waals surface area contributed by atoms with Crippen molar-refractivity contribution in [3.63, 3.8) is 0 Å². The summed E-state index contributed by atoms with van der Waals surface area (Å²) in [5, 5.41) is 9.61. The molecule has 20 heavy (non-hydrogen) atoms. The highest BCUT2D eigenvalue weighted by Crippen LogP contribution is 2.24. The molecule has 0 saturated heterocycles. The largest absolute Gasteiger partial charge is 0.545 e. The van der Waals surface area contributed by atoms with Crippen molar-refractivity contribution in [1.82, 2.24) is 0 Å². The van der Waals surface area contributed by atoms with Crippen molar-refractivity contribution >= 4 is 16.1 Å². The molecule has 7 heteroatoms. The molecule has 0 aliphatic heterocycles. The average Bonchev–Trinajstić information content (AvgIpc) is 2.35. The summed E-state index contributed by atoms with van der Waals surface area (Å²) in [5.74, 6) is -1.39. The second-order valence-electron chi connectivity index (χ2n) is 4.97. The van der Waals surface area contributed by atoms with E-state index in [9.17, 15) is 22.9 Å². The molecule has 0 rings (SSSR count). The lowest BCUT2D eigenvalue weighted by Crippen LogP contribution is -2.58. The summed E-state index contributed by atoms with van der Waals surface area (Å²) in [4.78, 5) is 10.6. The quantitative estimate of drug-likeness (QED) is 0.361. The molecule has 0 heterocycles. The van der Waals surface area contributed by atoms with Gasteiger partial charge in [0.25, 0.3) is 0 Å². The summed E-state index contributed by atoms with van der Waals surface area (Å²) in [6.45, 7) is 10.7. The first-order valence-electron chi connectivity index (χ1n) is 6.85. The number of carbonyl (C=O) groups excluding carboxylic acids is 1. The SMILES string of the molecule is C=C(CCC([N+](CC)(CC)CCC)S(=O)(=O)O)C(=O)[O-]. The van der Waals surface area contributed by atoms with Gasteiger partial charge in [0.05, 0.1) is 25.6 Å². The van der Waals surface area contributed by atoms with Gasteiger partial charge in [0.1, 0.15) is 0 Å². The zero-order chi connectivity index (χ0) is 16.0. The number of hydrogen-bond acceptors (Lipinski definition) is 4. The molecule has 0 radical (unpaired) electrons. The van der Waals surface area contributed by atoms with Crippen molar-refractivity contribution in [1.29, 1.82) is 0 Å². The number of rotatable bonds is 10. The highest BCUT2D eigenvalue weighted by atomic mass is 32.2. The molecule has 0 aromatic rings. The van der Waals surface area contributed by atoms with E-state index < -0.39 is 21.5 Å². The van der Waals surface area contributed by atoms with Crippen LogP contribution in [0.5, 0.6) is 0 Å². The molecule has 0 aliphatic carbocycles. The Labute approximate surface area is 121 Å². The Morgan fingerprint density at radius 1 is 1.30 bits per heavy atom. The summed E-state index contributed by atoms with van der Waals surface area (Å²) in [5.41, 5.74) is -0.152. The van der Waals surface area contributed by atoms with E-state index >= 15 is 0 Å². The molecule has 0 aliphatic rings. The van der Waals surface area contributed by atoms with Crippen LogP contribution in [0, 0.1) is 0 Å². The van der Waals surface area contributed by atoms with Gasteiger partial charge in [-0.05, 0) is 32.3 Å². The summed E-state index contributed by atoms with van der Waals surface area (Å²) < 4.78 is 33.1. The topological polar surface area (TPSA) is 94.5 Å². The van der Waals surface area contributed by atoms with Crippen LogP contribution in [0.3, 0.4) is 0 Å². The normalized spacial score (nSPS) is 14.0. The molecule has 0 aromatic heterocycles. The van der Waals surface area contributed by atoms with Crippen LogP contribution in [0.1, 0.15) is 40.0 Å². The van der Waals surface area contributed by atoms with Gasteiger partial charge >= 0.3 is 10.1 Å². The fourth-order valence-electron chi connectivity index (χ4n) is 2.64. The van der Waals surface area contributed by atoms with Crippen molar-refractivity contribution in [3.8, 4) is 0 Å². The van der Waals surface area contributed by atoms with Crippen molar-refractivity contribution < 1.29 is 27.4 Å². The highest BCUT2D eigenvalue weighted by Gasteiger charge is 2.41. The number of hydrogen-bond donors (Lipinski definition) is 1. The number of nitrogens with zero attached hydrogens (tertiary/aromatic N) is 1. The molecular weight excluding hydrogens is 282 g/mol. The van der Waals surface area contributed by atoms with Crippen LogP contribution in [0.4, 0.5) is 0 Å². The molecule has 6 nitrogen and oxygen atoms in total. The maximum atomic E-state index is 11.7. The number of aliphatic carboxylic acids is 1. The van der Waals surface area contributed by atoms with Crippen LogP contribution in [0.15, 0.2) is 12.2 Å². The summed E-state index contributed by atoms with van der Waals surface area (Å²) in [7, 11) is -4.27. The predicted molar refractivity (Wildman–Crippen MR) is 75.2 cm³/mol. The van der Waals surface area contributed by atoms with Crippen LogP contribution < -0.4 is 5.11 Å². The van der Waals surface area contributed by atoms with Gasteiger partial charge in [0, 0.05) is 6.42 Å². The number of carbonyl (C=O) groups is 1. The Morgan fingerprint density at radius 2 is 1.80 bits per heavy atom. The van der Waals surface area contributed by atoms with E-state index in [1.54, 1.807) is 0 Å². The van der Waals surface area contributed by atoms with Crippen LogP contribution in [-0.4, -0.2) is 48.4 Å². The predicted octanol–water partition coefficient (Wildman–Crippen LogP) is 0.553. The molecular formula is C13H25NO5S. The van der Waals surface area contributed by atoms with Crippen molar-refractivity contribution in [2.24, 2.45) is 0 Å². The zero-order valence-electron chi connectivity index (χ0n) is 12.5. The van der Waals surface area contributed by atoms with E-state index in [4.69, 9.17) is 0 Å². The minimum atomic E-state index is -4.27. The summed E-state index contributed by atoms with van der Waals surface area (Å²) in [6, 6.07) is 0. The third-order valence-electron chi connectivity index (χ3n) is 3.86. The molecule has 0 spiro atoms. The lowest BCUT2D eigenvalue weighted by atomic mass is 10.1. The number of quaternary nitrogens is 1. The smallest absolute Gasteiger partial charge is 0.319 e. The van der Waals surface area contributed by atoms with E-state index in [0.717, 1.165) is 6.42 Å². The van der Waals surface area contributed by atoms with E-state index in [1.807, 2.05) is 20.8 Å². The van der Waals surface area contributed by atoms with Crippen molar-refractivity contribution in [2.45, 2.75) is 45.4 Å². The van der Waals surface area contributed by atoms with Gasteiger partial charge in [0.15, 0.2) is 0 Å². The van der Waals surface area contributed by atoms with Gasteiger partial charge in [-0.15, -0.1) is 0 Å². The Hall–Kier alpha value is -0.920. The Kier molecular flexibility index (Phi) is 7.40. The average molecular weight is 307 g/mol. The molecule has 1 unspecified atom stereocenters. The molecule has 0 fully saturated rings. The molecule has 0 bridgehead atoms. The second kappa shape index (κ2) is 7.75. The third-order valence-corrected chi connectivity index (χ3v) is 5.24. The van der Waals surface area contributed by atoms with Gasteiger partial charge in [-0.25, -0.2) is 0 Å². The Balaban J connectivity index is 5.34. The van der Waals surface area contributed by atoms with E-state index in [-0.39, 0.29) is 22.9 Å². The lowest BCUT2D eigenvalue weighted by Gasteiger charge is -2.42. The maximum absolute atomic E-state index is 11.7. The first-order valence-corrected chi connectivity index (χ1v) is 8.36. The fourth-order valence-corrected chi connectivity index (χ4v) is 4.03. The van der Waals surface area contributed by atoms with Crippen LogP contribution >= 0.6 is 0 Å². The molecule has 0 amide bonds. The van der Waals surface area contributed by atoms with Gasteiger partial charge in [0.2, 0.25) is 5.37 Å². The molecule has 1 N–H and O–H groups in total. The summed E-state index contributed by atoms with van der Waals surface area (Å²) >= 11 is 0. The molecule has 118 valence electrons. The number of carboxylic acids is 1. The van der Waals surface area contributed by atoms with E-state index in [1.165, 1.54) is 0 Å². The second-order valence-corrected chi connectivity index (χ2v) is 6.55. The monoisotopic (exact) mass is 307 g/mol. The zero-order valence-corrected chi connectivity index (χ0v) is 13.3. The van der Waals surface area contributed by atoms with Gasteiger partial charge in [-0.3, -0.25) is 4.55 Å². The summed E-state index contributed by atoms with van der Waals surface area (Å²) in [6.07, 6.45) is 0.777. The first kappa shape index (κ1) is 19.1. The molecule has 0 saturated carbocycles. The van der Waals surface area contributed by atoms with Crippen molar-refractivity contribution in [2.75, 3.05) is 19.6 Å². The minimum Gasteiger partial charge on any atom is -0.545 e. The van der Waals surface area contributed by atoms with Crippen LogP contribution in [-0.2, 0) is 14.9 Å². The number of carboxylic acid groups (broad SMARTS) is 1. The standard InChI is InChI=1S/C13H25NO5S/c1-5-10-14(6-2,7-3)12(20(17,18)19)9-8-11(4)13(15)16/h12H,4-10H2,1-3H3,(H-,15,16,17,18,19). The first-order chi connectivity index (χ1) is 9.14. The van der Waals surface area contributed by atoms with E-state index in [2.05, 4.69) is 6.58 Å². The Bertz CT molecular complexity index is 440. The Morgan fingerprint density at radius 3 is 2.10 bits per heavy atom. The minimum absolute atomic E-state index is 0.0174. The van der Waals surface area contributed by atoms with Gasteiger partial charge in [-0.2, -0.15) is 8.42 Å². The van der Waals surface area contributed by atoms with Crippen LogP contribution in [0.25, 0.3) is 0 Å². The third kappa shape index (κ3) is 4.88. The van der Waals surface area contributed by atoms with Gasteiger partial charge in [-0.1, -0.05) is 13.5 Å². The van der Waals surface area contributed by atoms with Crippen molar-refractivity contribution in [3.05, 3.63) is 12.2 Å². The molecule has 0 aromatic carbocycles. The highest BCUT2D eigenvalue weighted by molar-refractivity contribution is 7.86. The molecule has 1 atom stereocenters. The fraction of sp³-hybridized carbons (Fsp3) is 0.769. The maximum Gasteiger partial charge on any atom is 0.319 e.